The number of nitrogens with two attached hydrogens (primary N) is 1. The summed E-state index contributed by atoms with van der Waals surface area (Å²) in [4.78, 5) is 12.5. The number of nitrogen functional groups attached to an aromatic ring is 1. The first kappa shape index (κ1) is 14.9. The first-order chi connectivity index (χ1) is 9.41. The van der Waals surface area contributed by atoms with Crippen molar-refractivity contribution < 1.29 is 4.79 Å². The van der Waals surface area contributed by atoms with E-state index < -0.39 is 5.41 Å². The normalized spacial score (nSPS) is 22.8. The van der Waals surface area contributed by atoms with Crippen molar-refractivity contribution >= 4 is 11.6 Å². The van der Waals surface area contributed by atoms with Gasteiger partial charge in [-0.25, -0.2) is 0 Å². The Morgan fingerprint density at radius 1 is 1.30 bits per heavy atom. The van der Waals surface area contributed by atoms with Crippen LogP contribution in [-0.2, 0) is 10.2 Å². The molecular weight excluding hydrogens is 248 g/mol. The fourth-order valence-electron chi connectivity index (χ4n) is 3.00. The molecule has 1 aromatic rings. The summed E-state index contributed by atoms with van der Waals surface area (Å²) in [6.45, 7) is 7.02. The van der Waals surface area contributed by atoms with E-state index in [9.17, 15) is 4.79 Å². The summed E-state index contributed by atoms with van der Waals surface area (Å²) in [5, 5.41) is 3.14. The molecule has 110 valence electrons. The van der Waals surface area contributed by atoms with Crippen LogP contribution in [0.25, 0.3) is 0 Å². The Hall–Kier alpha value is -1.51. The molecule has 20 heavy (non-hydrogen) atoms. The molecule has 0 aliphatic heterocycles. The first-order valence-corrected chi connectivity index (χ1v) is 7.55. The van der Waals surface area contributed by atoms with E-state index in [1.165, 1.54) is 19.3 Å². The number of benzene rings is 1. The number of carbonyl (C=O) groups is 1. The molecule has 0 heterocycles. The molecule has 1 aromatic carbocycles. The number of anilines is 1. The van der Waals surface area contributed by atoms with Crippen molar-refractivity contribution in [2.45, 2.75) is 45.4 Å². The number of rotatable bonds is 4. The second kappa shape index (κ2) is 5.86. The van der Waals surface area contributed by atoms with E-state index in [-0.39, 0.29) is 5.91 Å². The zero-order valence-corrected chi connectivity index (χ0v) is 12.8. The molecule has 1 fully saturated rings. The van der Waals surface area contributed by atoms with Crippen molar-refractivity contribution in [2.75, 3.05) is 12.3 Å². The van der Waals surface area contributed by atoms with Crippen molar-refractivity contribution in [3.05, 3.63) is 29.8 Å². The minimum Gasteiger partial charge on any atom is -0.399 e. The summed E-state index contributed by atoms with van der Waals surface area (Å²) in [6, 6.07) is 7.58. The van der Waals surface area contributed by atoms with Gasteiger partial charge < -0.3 is 11.1 Å². The van der Waals surface area contributed by atoms with E-state index in [0.29, 0.717) is 5.92 Å². The maximum absolute atomic E-state index is 12.5. The van der Waals surface area contributed by atoms with Gasteiger partial charge in [0.25, 0.3) is 0 Å². The molecule has 0 bridgehead atoms. The van der Waals surface area contributed by atoms with Gasteiger partial charge >= 0.3 is 0 Å². The molecule has 0 spiro atoms. The summed E-state index contributed by atoms with van der Waals surface area (Å²) in [6.07, 6.45) is 3.83. The molecule has 1 amide bonds. The van der Waals surface area contributed by atoms with Crippen LogP contribution in [0.2, 0.25) is 0 Å². The van der Waals surface area contributed by atoms with Crippen molar-refractivity contribution in [1.82, 2.24) is 5.32 Å². The van der Waals surface area contributed by atoms with E-state index >= 15 is 0 Å². The molecule has 3 N–H and O–H groups in total. The van der Waals surface area contributed by atoms with Crippen LogP contribution in [0.3, 0.4) is 0 Å². The Kier molecular flexibility index (Phi) is 4.36. The second-order valence-electron chi connectivity index (χ2n) is 6.63. The molecule has 1 aliphatic carbocycles. The van der Waals surface area contributed by atoms with Crippen LogP contribution in [0, 0.1) is 11.8 Å². The van der Waals surface area contributed by atoms with Crippen LogP contribution < -0.4 is 11.1 Å². The molecule has 3 nitrogen and oxygen atoms in total. The molecule has 2 atom stereocenters. The quantitative estimate of drug-likeness (QED) is 0.829. The third-order valence-electron chi connectivity index (χ3n) is 4.76. The Morgan fingerprint density at radius 3 is 2.50 bits per heavy atom. The smallest absolute Gasteiger partial charge is 0.230 e. The molecule has 3 heteroatoms. The van der Waals surface area contributed by atoms with Gasteiger partial charge in [0.2, 0.25) is 5.91 Å². The molecule has 0 radical (unpaired) electrons. The van der Waals surface area contributed by atoms with Crippen LogP contribution in [0.1, 0.15) is 45.6 Å². The maximum atomic E-state index is 12.5. The topological polar surface area (TPSA) is 55.1 Å². The van der Waals surface area contributed by atoms with Gasteiger partial charge in [0, 0.05) is 12.2 Å². The van der Waals surface area contributed by atoms with Gasteiger partial charge in [0.05, 0.1) is 5.41 Å². The van der Waals surface area contributed by atoms with Crippen molar-refractivity contribution in [2.24, 2.45) is 11.8 Å². The van der Waals surface area contributed by atoms with Gasteiger partial charge in [-0.15, -0.1) is 0 Å². The molecule has 2 unspecified atom stereocenters. The predicted molar refractivity (Wildman–Crippen MR) is 83.4 cm³/mol. The number of amides is 1. The third-order valence-corrected chi connectivity index (χ3v) is 4.76. The SMILES string of the molecule is CC1CCCC1CNC(=O)C(C)(C)c1ccc(N)cc1. The van der Waals surface area contributed by atoms with Crippen molar-refractivity contribution in [3.63, 3.8) is 0 Å². The molecule has 0 saturated heterocycles. The van der Waals surface area contributed by atoms with Gasteiger partial charge in [0.1, 0.15) is 0 Å². The maximum Gasteiger partial charge on any atom is 0.230 e. The lowest BCUT2D eigenvalue weighted by Gasteiger charge is -2.26. The first-order valence-electron chi connectivity index (χ1n) is 7.55. The van der Waals surface area contributed by atoms with Gasteiger partial charge in [0.15, 0.2) is 0 Å². The zero-order valence-electron chi connectivity index (χ0n) is 12.8. The van der Waals surface area contributed by atoms with E-state index in [1.807, 2.05) is 38.1 Å². The highest BCUT2D eigenvalue weighted by molar-refractivity contribution is 5.87. The summed E-state index contributed by atoms with van der Waals surface area (Å²) >= 11 is 0. The average molecular weight is 274 g/mol. The molecular formula is C17H26N2O. The largest absolute Gasteiger partial charge is 0.399 e. The summed E-state index contributed by atoms with van der Waals surface area (Å²) in [5.74, 6) is 1.47. The monoisotopic (exact) mass is 274 g/mol. The Balaban J connectivity index is 1.98. The lowest BCUT2D eigenvalue weighted by atomic mass is 9.83. The Morgan fingerprint density at radius 2 is 1.95 bits per heavy atom. The van der Waals surface area contributed by atoms with E-state index in [0.717, 1.165) is 23.7 Å². The standard InChI is InChI=1S/C17H26N2O/c1-12-5-4-6-13(12)11-19-16(20)17(2,3)14-7-9-15(18)10-8-14/h7-10,12-13H,4-6,11,18H2,1-3H3,(H,19,20). The number of nitrogens with one attached hydrogen (secondary N) is 1. The number of hydrogen-bond donors (Lipinski definition) is 2. The highest BCUT2D eigenvalue weighted by Crippen LogP contribution is 2.31. The Bertz CT molecular complexity index is 464. The lowest BCUT2D eigenvalue weighted by molar-refractivity contribution is -0.125. The van der Waals surface area contributed by atoms with E-state index in [4.69, 9.17) is 5.73 Å². The van der Waals surface area contributed by atoms with Crippen molar-refractivity contribution in [1.29, 1.82) is 0 Å². The highest BCUT2D eigenvalue weighted by atomic mass is 16.2. The van der Waals surface area contributed by atoms with E-state index in [1.54, 1.807) is 0 Å². The summed E-state index contributed by atoms with van der Waals surface area (Å²) in [7, 11) is 0. The number of carbonyl (C=O) groups excluding carboxylic acids is 1. The van der Waals surface area contributed by atoms with Gasteiger partial charge in [-0.2, -0.15) is 0 Å². The second-order valence-corrected chi connectivity index (χ2v) is 6.63. The third kappa shape index (κ3) is 3.14. The lowest BCUT2D eigenvalue weighted by Crippen LogP contribution is -2.42. The Labute approximate surface area is 121 Å². The van der Waals surface area contributed by atoms with Crippen LogP contribution in [-0.4, -0.2) is 12.5 Å². The van der Waals surface area contributed by atoms with Gasteiger partial charge in [-0.3, -0.25) is 4.79 Å². The molecule has 1 saturated carbocycles. The fourth-order valence-corrected chi connectivity index (χ4v) is 3.00. The van der Waals surface area contributed by atoms with Crippen LogP contribution in [0.15, 0.2) is 24.3 Å². The number of hydrogen-bond acceptors (Lipinski definition) is 2. The minimum absolute atomic E-state index is 0.0985. The summed E-state index contributed by atoms with van der Waals surface area (Å²) in [5.41, 5.74) is 6.91. The van der Waals surface area contributed by atoms with Crippen LogP contribution in [0.4, 0.5) is 5.69 Å². The van der Waals surface area contributed by atoms with Gasteiger partial charge in [-0.05, 0) is 49.8 Å². The molecule has 1 aliphatic rings. The fraction of sp³-hybridized carbons (Fsp3) is 0.588. The van der Waals surface area contributed by atoms with Crippen LogP contribution >= 0.6 is 0 Å². The summed E-state index contributed by atoms with van der Waals surface area (Å²) < 4.78 is 0. The zero-order chi connectivity index (χ0) is 14.8. The van der Waals surface area contributed by atoms with Gasteiger partial charge in [-0.1, -0.05) is 31.9 Å². The average Bonchev–Trinajstić information content (AvgIpc) is 2.82. The highest BCUT2D eigenvalue weighted by Gasteiger charge is 2.31. The minimum atomic E-state index is -0.518. The van der Waals surface area contributed by atoms with Crippen LogP contribution in [0.5, 0.6) is 0 Å². The van der Waals surface area contributed by atoms with E-state index in [2.05, 4.69) is 12.2 Å². The molecule has 0 aromatic heterocycles. The van der Waals surface area contributed by atoms with Crippen molar-refractivity contribution in [3.8, 4) is 0 Å². The molecule has 2 rings (SSSR count). The predicted octanol–water partition coefficient (Wildman–Crippen LogP) is 3.10.